The smallest absolute Gasteiger partial charge is 0.358 e. The van der Waals surface area contributed by atoms with Crippen LogP contribution in [-0.2, 0) is 6.18 Å². The second-order valence-electron chi connectivity index (χ2n) is 6.84. The maximum absolute atomic E-state index is 13.6. The molecule has 0 radical (unpaired) electrons. The quantitative estimate of drug-likeness (QED) is 0.720. The van der Waals surface area contributed by atoms with E-state index in [0.717, 1.165) is 0 Å². The summed E-state index contributed by atoms with van der Waals surface area (Å²) in [5.74, 6) is 0. The molecular formula is C22H17F3N4. The normalized spacial score (nSPS) is 15.8. The number of hydrogen-bond donors (Lipinski definition) is 1. The molecule has 29 heavy (non-hydrogen) atoms. The van der Waals surface area contributed by atoms with Crippen molar-refractivity contribution < 1.29 is 13.2 Å². The Balaban J connectivity index is 2.39. The van der Waals surface area contributed by atoms with Crippen molar-refractivity contribution in [1.29, 1.82) is 10.5 Å². The topological polar surface area (TPSA) is 75.7 Å². The van der Waals surface area contributed by atoms with Crippen LogP contribution in [0.5, 0.6) is 0 Å². The van der Waals surface area contributed by atoms with Gasteiger partial charge in [0.25, 0.3) is 0 Å². The number of aromatic amines is 1. The van der Waals surface area contributed by atoms with Crippen LogP contribution in [0.1, 0.15) is 47.5 Å². The van der Waals surface area contributed by atoms with E-state index >= 15 is 0 Å². The van der Waals surface area contributed by atoms with Crippen LogP contribution < -0.4 is 0 Å². The first-order valence-corrected chi connectivity index (χ1v) is 8.78. The molecule has 1 aliphatic rings. The number of aromatic nitrogens is 1. The number of benzene rings is 1. The predicted octanol–water partition coefficient (Wildman–Crippen LogP) is 5.60. The minimum absolute atomic E-state index is 0.0117. The zero-order valence-corrected chi connectivity index (χ0v) is 16.3. The van der Waals surface area contributed by atoms with Crippen LogP contribution in [0.3, 0.4) is 0 Å². The highest BCUT2D eigenvalue weighted by Crippen LogP contribution is 2.42. The number of rotatable bonds is 2. The predicted molar refractivity (Wildman–Crippen MR) is 104 cm³/mol. The van der Waals surface area contributed by atoms with Gasteiger partial charge < -0.3 is 4.98 Å². The highest BCUT2D eigenvalue weighted by molar-refractivity contribution is 6.08. The van der Waals surface area contributed by atoms with E-state index in [2.05, 4.69) is 16.0 Å². The van der Waals surface area contributed by atoms with Gasteiger partial charge in [0.2, 0.25) is 0 Å². The summed E-state index contributed by atoms with van der Waals surface area (Å²) in [6.45, 7) is 6.22. The summed E-state index contributed by atoms with van der Waals surface area (Å²) in [5.41, 5.74) is 3.14. The molecule has 0 spiro atoms. The Labute approximate surface area is 166 Å². The molecule has 0 bridgehead atoms. The van der Waals surface area contributed by atoms with Crippen LogP contribution in [0, 0.1) is 36.5 Å². The number of nitriles is 2. The fourth-order valence-corrected chi connectivity index (χ4v) is 3.64. The Bertz CT molecular complexity index is 1170. The number of alkyl halides is 3. The third-order valence-corrected chi connectivity index (χ3v) is 4.99. The minimum Gasteiger partial charge on any atom is -0.358 e. The van der Waals surface area contributed by atoms with Crippen LogP contribution in [0.25, 0.3) is 5.57 Å². The molecule has 3 rings (SSSR count). The zero-order valence-electron chi connectivity index (χ0n) is 16.3. The molecule has 2 aromatic rings. The Morgan fingerprint density at radius 1 is 1.00 bits per heavy atom. The number of halogens is 3. The largest absolute Gasteiger partial charge is 0.418 e. The molecule has 0 saturated carbocycles. The first kappa shape index (κ1) is 20.2. The molecule has 1 aromatic heterocycles. The molecule has 0 amide bonds. The summed E-state index contributed by atoms with van der Waals surface area (Å²) < 4.78 is 40.7. The lowest BCUT2D eigenvalue weighted by atomic mass is 9.93. The van der Waals surface area contributed by atoms with E-state index in [1.54, 1.807) is 38.1 Å². The minimum atomic E-state index is -4.50. The maximum Gasteiger partial charge on any atom is 0.418 e. The van der Waals surface area contributed by atoms with Crippen molar-refractivity contribution in [2.75, 3.05) is 0 Å². The third kappa shape index (κ3) is 3.36. The van der Waals surface area contributed by atoms with Gasteiger partial charge in [0, 0.05) is 11.3 Å². The van der Waals surface area contributed by atoms with Gasteiger partial charge in [-0.2, -0.15) is 23.7 Å². The second kappa shape index (κ2) is 7.10. The number of allylic oxidation sites excluding steroid dienone is 2. The molecule has 0 unspecified atom stereocenters. The van der Waals surface area contributed by atoms with Crippen molar-refractivity contribution in [3.8, 4) is 12.1 Å². The van der Waals surface area contributed by atoms with Crippen molar-refractivity contribution in [3.05, 3.63) is 74.8 Å². The van der Waals surface area contributed by atoms with E-state index < -0.39 is 11.7 Å². The SMILES string of the molecule is CC1=N/C(=C(/c2ccc(C#N)cc2)c2[nH]c(C)c(C(F)(F)F)c2C)C(C)=C1C#N. The number of nitrogens with one attached hydrogen (secondary N) is 1. The lowest BCUT2D eigenvalue weighted by molar-refractivity contribution is -0.138. The summed E-state index contributed by atoms with van der Waals surface area (Å²) in [6, 6.07) is 10.7. The Morgan fingerprint density at radius 2 is 1.62 bits per heavy atom. The monoisotopic (exact) mass is 394 g/mol. The average molecular weight is 394 g/mol. The van der Waals surface area contributed by atoms with Gasteiger partial charge >= 0.3 is 6.18 Å². The Kier molecular flexibility index (Phi) is 4.94. The molecule has 0 fully saturated rings. The summed E-state index contributed by atoms with van der Waals surface area (Å²) in [5, 5.41) is 18.5. The molecule has 1 N–H and O–H groups in total. The fourth-order valence-electron chi connectivity index (χ4n) is 3.64. The Hall–Kier alpha value is -3.58. The molecule has 1 aliphatic heterocycles. The third-order valence-electron chi connectivity index (χ3n) is 4.99. The van der Waals surface area contributed by atoms with Crippen molar-refractivity contribution in [2.45, 2.75) is 33.9 Å². The van der Waals surface area contributed by atoms with Gasteiger partial charge in [0.1, 0.15) is 6.07 Å². The van der Waals surface area contributed by atoms with Gasteiger partial charge in [0.15, 0.2) is 0 Å². The van der Waals surface area contributed by atoms with Crippen LogP contribution in [-0.4, -0.2) is 10.7 Å². The average Bonchev–Trinajstić information content (AvgIpc) is 3.11. The summed E-state index contributed by atoms with van der Waals surface area (Å²) in [7, 11) is 0. The molecule has 0 atom stereocenters. The summed E-state index contributed by atoms with van der Waals surface area (Å²) >= 11 is 0. The molecule has 0 aliphatic carbocycles. The molecular weight excluding hydrogens is 377 g/mol. The van der Waals surface area contributed by atoms with E-state index in [1.165, 1.54) is 13.8 Å². The van der Waals surface area contributed by atoms with Crippen LogP contribution in [0.15, 0.2) is 46.1 Å². The van der Waals surface area contributed by atoms with Gasteiger partial charge in [-0.25, -0.2) is 0 Å². The molecule has 1 aromatic carbocycles. The van der Waals surface area contributed by atoms with E-state index in [0.29, 0.717) is 44.9 Å². The molecule has 4 nitrogen and oxygen atoms in total. The van der Waals surface area contributed by atoms with Crippen molar-refractivity contribution in [2.24, 2.45) is 4.99 Å². The molecule has 7 heteroatoms. The van der Waals surface area contributed by atoms with Gasteiger partial charge in [-0.1, -0.05) is 12.1 Å². The van der Waals surface area contributed by atoms with Gasteiger partial charge in [-0.3, -0.25) is 4.99 Å². The Morgan fingerprint density at radius 3 is 2.07 bits per heavy atom. The lowest BCUT2D eigenvalue weighted by Gasteiger charge is -2.13. The molecule has 146 valence electrons. The number of hydrogen-bond acceptors (Lipinski definition) is 3. The zero-order chi connectivity index (χ0) is 21.5. The standard InChI is InChI=1S/C22H17F3N4/c1-11-17(10-27)13(3)28-20(11)18(16-7-5-15(9-26)6-8-16)21-12(2)19(14(4)29-21)22(23,24)25/h5-8,29H,1-4H3/b20-18-. The highest BCUT2D eigenvalue weighted by atomic mass is 19.4. The lowest BCUT2D eigenvalue weighted by Crippen LogP contribution is -2.07. The van der Waals surface area contributed by atoms with Gasteiger partial charge in [-0.05, 0) is 56.5 Å². The van der Waals surface area contributed by atoms with Crippen molar-refractivity contribution >= 4 is 11.3 Å². The first-order chi connectivity index (χ1) is 13.6. The number of H-pyrrole nitrogens is 1. The van der Waals surface area contributed by atoms with E-state index in [1.807, 2.05) is 6.07 Å². The first-order valence-electron chi connectivity index (χ1n) is 8.78. The maximum atomic E-state index is 13.6. The van der Waals surface area contributed by atoms with E-state index in [-0.39, 0.29) is 11.3 Å². The summed E-state index contributed by atoms with van der Waals surface area (Å²) in [4.78, 5) is 7.37. The van der Waals surface area contributed by atoms with Crippen LogP contribution in [0.2, 0.25) is 0 Å². The summed E-state index contributed by atoms with van der Waals surface area (Å²) in [6.07, 6.45) is -4.50. The molecule has 2 heterocycles. The number of aliphatic imine (C=N–C) groups is 1. The van der Waals surface area contributed by atoms with Crippen molar-refractivity contribution in [1.82, 2.24) is 4.98 Å². The van der Waals surface area contributed by atoms with Gasteiger partial charge in [-0.15, -0.1) is 0 Å². The van der Waals surface area contributed by atoms with E-state index in [4.69, 9.17) is 5.26 Å². The number of nitrogens with zero attached hydrogens (tertiary/aromatic N) is 3. The van der Waals surface area contributed by atoms with E-state index in [9.17, 15) is 18.4 Å². The van der Waals surface area contributed by atoms with Crippen molar-refractivity contribution in [3.63, 3.8) is 0 Å². The van der Waals surface area contributed by atoms with Crippen LogP contribution >= 0.6 is 0 Å². The fraction of sp³-hybridized carbons (Fsp3) is 0.227. The van der Waals surface area contributed by atoms with Gasteiger partial charge in [0.05, 0.1) is 39.9 Å². The number of aryl methyl sites for hydroxylation is 1. The molecule has 0 saturated heterocycles. The second-order valence-corrected chi connectivity index (χ2v) is 6.84. The van der Waals surface area contributed by atoms with Crippen LogP contribution in [0.4, 0.5) is 13.2 Å². The highest BCUT2D eigenvalue weighted by Gasteiger charge is 2.38.